The summed E-state index contributed by atoms with van der Waals surface area (Å²) >= 11 is 1.39. The lowest BCUT2D eigenvalue weighted by atomic mass is 10.1. The Morgan fingerprint density at radius 2 is 2.04 bits per heavy atom. The fourth-order valence-corrected chi connectivity index (χ4v) is 3.17. The van der Waals surface area contributed by atoms with E-state index in [0.717, 1.165) is 36.1 Å². The third kappa shape index (κ3) is 3.86. The van der Waals surface area contributed by atoms with Gasteiger partial charge in [0.15, 0.2) is 5.01 Å². The van der Waals surface area contributed by atoms with Gasteiger partial charge in [0.25, 0.3) is 5.91 Å². The summed E-state index contributed by atoms with van der Waals surface area (Å²) in [6.07, 6.45) is 6.53. The first-order valence-corrected chi connectivity index (χ1v) is 8.91. The first kappa shape index (κ1) is 16.3. The van der Waals surface area contributed by atoms with Crippen LogP contribution in [-0.2, 0) is 6.42 Å². The van der Waals surface area contributed by atoms with Crippen LogP contribution in [0.25, 0.3) is 11.1 Å². The molecule has 1 amide bonds. The van der Waals surface area contributed by atoms with Crippen molar-refractivity contribution in [3.05, 3.63) is 64.9 Å². The van der Waals surface area contributed by atoms with Gasteiger partial charge < -0.3 is 5.32 Å². The van der Waals surface area contributed by atoms with Gasteiger partial charge in [0, 0.05) is 17.1 Å². The maximum absolute atomic E-state index is 12.5. The largest absolute Gasteiger partial charge is 0.318 e. The highest BCUT2D eigenvalue weighted by molar-refractivity contribution is 7.11. The number of hydrogen-bond acceptors (Lipinski definition) is 4. The second-order valence-electron chi connectivity index (χ2n) is 5.49. The summed E-state index contributed by atoms with van der Waals surface area (Å²) in [5.74, 6) is -0.187. The van der Waals surface area contributed by atoms with E-state index < -0.39 is 0 Å². The number of nitrogens with one attached hydrogen (secondary N) is 1. The summed E-state index contributed by atoms with van der Waals surface area (Å²) in [5, 5.41) is 5.40. The SMILES string of the molecule is CCCCc1csc(C(=O)Nc2cnccc2-c2ccccc2)n1. The topological polar surface area (TPSA) is 54.9 Å². The molecule has 0 unspecified atom stereocenters. The van der Waals surface area contributed by atoms with Crippen LogP contribution >= 0.6 is 11.3 Å². The number of amides is 1. The maximum Gasteiger partial charge on any atom is 0.284 e. The lowest BCUT2D eigenvalue weighted by Crippen LogP contribution is -2.12. The average molecular weight is 337 g/mol. The highest BCUT2D eigenvalue weighted by Gasteiger charge is 2.14. The van der Waals surface area contributed by atoms with Gasteiger partial charge in [-0.3, -0.25) is 9.78 Å². The van der Waals surface area contributed by atoms with E-state index in [2.05, 4.69) is 22.2 Å². The molecule has 0 aliphatic carbocycles. The summed E-state index contributed by atoms with van der Waals surface area (Å²) in [6.45, 7) is 2.15. The van der Waals surface area contributed by atoms with E-state index >= 15 is 0 Å². The number of thiazole rings is 1. The molecule has 1 N–H and O–H groups in total. The molecule has 3 rings (SSSR count). The Hall–Kier alpha value is -2.53. The Morgan fingerprint density at radius 1 is 1.21 bits per heavy atom. The van der Waals surface area contributed by atoms with Crippen LogP contribution in [0.1, 0.15) is 35.3 Å². The Morgan fingerprint density at radius 3 is 2.83 bits per heavy atom. The molecule has 0 bridgehead atoms. The van der Waals surface area contributed by atoms with Crippen LogP contribution in [0.3, 0.4) is 0 Å². The number of nitrogens with zero attached hydrogens (tertiary/aromatic N) is 2. The molecule has 0 aliphatic rings. The molecule has 24 heavy (non-hydrogen) atoms. The molecule has 5 heteroatoms. The van der Waals surface area contributed by atoms with Gasteiger partial charge in [-0.05, 0) is 24.5 Å². The number of carbonyl (C=O) groups is 1. The highest BCUT2D eigenvalue weighted by atomic mass is 32.1. The van der Waals surface area contributed by atoms with Crippen LogP contribution in [0.15, 0.2) is 54.2 Å². The number of pyridine rings is 1. The van der Waals surface area contributed by atoms with E-state index in [0.29, 0.717) is 10.7 Å². The molecule has 0 saturated carbocycles. The zero-order valence-corrected chi connectivity index (χ0v) is 14.3. The number of unbranched alkanes of at least 4 members (excludes halogenated alkanes) is 1. The standard InChI is InChI=1S/C19H19N3OS/c1-2-3-9-15-13-24-19(21-15)18(23)22-17-12-20-11-10-16(17)14-7-5-4-6-8-14/h4-8,10-13H,2-3,9H2,1H3,(H,22,23). The molecule has 0 aliphatic heterocycles. The van der Waals surface area contributed by atoms with Crippen molar-refractivity contribution in [1.29, 1.82) is 0 Å². The molecular weight excluding hydrogens is 318 g/mol. The first-order valence-electron chi connectivity index (χ1n) is 8.03. The van der Waals surface area contributed by atoms with Gasteiger partial charge in [0.05, 0.1) is 17.6 Å². The second-order valence-corrected chi connectivity index (χ2v) is 6.35. The van der Waals surface area contributed by atoms with Crippen molar-refractivity contribution in [2.75, 3.05) is 5.32 Å². The number of anilines is 1. The van der Waals surface area contributed by atoms with Gasteiger partial charge >= 0.3 is 0 Å². The number of rotatable bonds is 6. The second kappa shape index (κ2) is 7.84. The van der Waals surface area contributed by atoms with Crippen LogP contribution in [0.5, 0.6) is 0 Å². The maximum atomic E-state index is 12.5. The number of aromatic nitrogens is 2. The van der Waals surface area contributed by atoms with Crippen LogP contribution in [0, 0.1) is 0 Å². The Kier molecular flexibility index (Phi) is 5.33. The fraction of sp³-hybridized carbons (Fsp3) is 0.211. The smallest absolute Gasteiger partial charge is 0.284 e. The number of aryl methyl sites for hydroxylation is 1. The van der Waals surface area contributed by atoms with Gasteiger partial charge in [-0.2, -0.15) is 0 Å². The average Bonchev–Trinajstić information content (AvgIpc) is 3.10. The van der Waals surface area contributed by atoms with Crippen LogP contribution in [0.2, 0.25) is 0 Å². The van der Waals surface area contributed by atoms with Crippen molar-refractivity contribution in [3.8, 4) is 11.1 Å². The quantitative estimate of drug-likeness (QED) is 0.703. The molecule has 2 aromatic heterocycles. The molecular formula is C19H19N3OS. The monoisotopic (exact) mass is 337 g/mol. The third-order valence-corrected chi connectivity index (χ3v) is 4.58. The minimum absolute atomic E-state index is 0.187. The predicted octanol–water partition coefficient (Wildman–Crippen LogP) is 4.80. The predicted molar refractivity (Wildman–Crippen MR) is 98.4 cm³/mol. The van der Waals surface area contributed by atoms with Crippen molar-refractivity contribution in [2.45, 2.75) is 26.2 Å². The van der Waals surface area contributed by atoms with Crippen LogP contribution in [-0.4, -0.2) is 15.9 Å². The lowest BCUT2D eigenvalue weighted by molar-refractivity contribution is 0.102. The van der Waals surface area contributed by atoms with Crippen molar-refractivity contribution >= 4 is 22.9 Å². The number of hydrogen-bond donors (Lipinski definition) is 1. The molecule has 0 saturated heterocycles. The van der Waals surface area contributed by atoms with Gasteiger partial charge in [-0.25, -0.2) is 4.98 Å². The summed E-state index contributed by atoms with van der Waals surface area (Å²) in [4.78, 5) is 21.1. The van der Waals surface area contributed by atoms with Gasteiger partial charge in [-0.15, -0.1) is 11.3 Å². The molecule has 0 radical (unpaired) electrons. The molecule has 122 valence electrons. The first-order chi connectivity index (χ1) is 11.8. The Bertz CT molecular complexity index is 814. The van der Waals surface area contributed by atoms with E-state index in [-0.39, 0.29) is 5.91 Å². The summed E-state index contributed by atoms with van der Waals surface area (Å²) < 4.78 is 0. The van der Waals surface area contributed by atoms with Crippen molar-refractivity contribution in [3.63, 3.8) is 0 Å². The minimum atomic E-state index is -0.187. The van der Waals surface area contributed by atoms with E-state index in [1.54, 1.807) is 12.4 Å². The van der Waals surface area contributed by atoms with E-state index in [1.165, 1.54) is 11.3 Å². The van der Waals surface area contributed by atoms with Gasteiger partial charge in [0.2, 0.25) is 0 Å². The van der Waals surface area contributed by atoms with Gasteiger partial charge in [0.1, 0.15) is 0 Å². The fourth-order valence-electron chi connectivity index (χ4n) is 2.42. The lowest BCUT2D eigenvalue weighted by Gasteiger charge is -2.09. The van der Waals surface area contributed by atoms with E-state index in [9.17, 15) is 4.79 Å². The molecule has 1 aromatic carbocycles. The highest BCUT2D eigenvalue weighted by Crippen LogP contribution is 2.27. The van der Waals surface area contributed by atoms with Crippen LogP contribution < -0.4 is 5.32 Å². The molecule has 2 heterocycles. The normalized spacial score (nSPS) is 10.5. The Balaban J connectivity index is 1.79. The van der Waals surface area contributed by atoms with Crippen molar-refractivity contribution < 1.29 is 4.79 Å². The minimum Gasteiger partial charge on any atom is -0.318 e. The molecule has 3 aromatic rings. The Labute approximate surface area is 145 Å². The molecule has 4 nitrogen and oxygen atoms in total. The van der Waals surface area contributed by atoms with Crippen molar-refractivity contribution in [2.24, 2.45) is 0 Å². The summed E-state index contributed by atoms with van der Waals surface area (Å²) in [6, 6.07) is 11.8. The number of carbonyl (C=O) groups excluding carboxylic acids is 1. The summed E-state index contributed by atoms with van der Waals surface area (Å²) in [5.41, 5.74) is 3.67. The van der Waals surface area contributed by atoms with E-state index in [1.807, 2.05) is 41.8 Å². The molecule has 0 fully saturated rings. The zero-order chi connectivity index (χ0) is 16.8. The van der Waals surface area contributed by atoms with E-state index in [4.69, 9.17) is 0 Å². The summed E-state index contributed by atoms with van der Waals surface area (Å²) in [7, 11) is 0. The van der Waals surface area contributed by atoms with Crippen molar-refractivity contribution in [1.82, 2.24) is 9.97 Å². The molecule has 0 atom stereocenters. The number of benzene rings is 1. The zero-order valence-electron chi connectivity index (χ0n) is 13.5. The van der Waals surface area contributed by atoms with Gasteiger partial charge in [-0.1, -0.05) is 43.7 Å². The third-order valence-electron chi connectivity index (χ3n) is 3.69. The molecule has 0 spiro atoms. The van der Waals surface area contributed by atoms with Crippen LogP contribution in [0.4, 0.5) is 5.69 Å².